The van der Waals surface area contributed by atoms with Gasteiger partial charge in [-0.2, -0.15) is 5.26 Å². The van der Waals surface area contributed by atoms with Crippen molar-refractivity contribution in [2.24, 2.45) is 0 Å². The molecule has 0 aliphatic rings. The van der Waals surface area contributed by atoms with Crippen molar-refractivity contribution < 1.29 is 0 Å². The van der Waals surface area contributed by atoms with Crippen LogP contribution in [0.4, 0.5) is 0 Å². The lowest BCUT2D eigenvalue weighted by Gasteiger charge is -2.01. The smallest absolute Gasteiger partial charge is 0.170 e. The van der Waals surface area contributed by atoms with Crippen molar-refractivity contribution in [1.82, 2.24) is 9.97 Å². The molecule has 0 amide bonds. The Balaban J connectivity index is 2.24. The largest absolute Gasteiger partial charge is 0.339 e. The molecule has 0 aliphatic carbocycles. The summed E-state index contributed by atoms with van der Waals surface area (Å²) in [4.78, 5) is 8.23. The molecule has 3 nitrogen and oxygen atoms in total. The highest BCUT2D eigenvalue weighted by molar-refractivity contribution is 7.99. The summed E-state index contributed by atoms with van der Waals surface area (Å²) in [6, 6.07) is 7.90. The van der Waals surface area contributed by atoms with Gasteiger partial charge in [0.15, 0.2) is 5.16 Å². The van der Waals surface area contributed by atoms with E-state index < -0.39 is 0 Å². The molecule has 0 fully saturated rings. The molecule has 15 heavy (non-hydrogen) atoms. The predicted molar refractivity (Wildman–Crippen MR) is 58.6 cm³/mol. The zero-order chi connectivity index (χ0) is 10.7. The number of aromatic nitrogens is 2. The first kappa shape index (κ1) is 9.81. The first-order chi connectivity index (χ1) is 7.29. The van der Waals surface area contributed by atoms with E-state index in [0.717, 1.165) is 21.2 Å². The number of imidazole rings is 1. The van der Waals surface area contributed by atoms with E-state index in [1.165, 1.54) is 0 Å². The average Bonchev–Trinajstić information content (AvgIpc) is 2.71. The van der Waals surface area contributed by atoms with Crippen LogP contribution in [0.1, 0.15) is 11.1 Å². The van der Waals surface area contributed by atoms with Crippen LogP contribution in [0.3, 0.4) is 0 Å². The number of benzene rings is 1. The minimum Gasteiger partial charge on any atom is -0.339 e. The van der Waals surface area contributed by atoms with Crippen molar-refractivity contribution in [3.8, 4) is 6.07 Å². The van der Waals surface area contributed by atoms with Gasteiger partial charge in [0.2, 0.25) is 0 Å². The standard InChI is InChI=1S/C11H9N3S/c1-8-6-10(3-2-9(8)7-12)15-11-13-4-5-14-11/h2-6H,1H3,(H,13,14). The summed E-state index contributed by atoms with van der Waals surface area (Å²) < 4.78 is 0. The van der Waals surface area contributed by atoms with E-state index in [4.69, 9.17) is 5.26 Å². The number of H-pyrrole nitrogens is 1. The van der Waals surface area contributed by atoms with E-state index in [1.54, 1.807) is 24.2 Å². The number of hydrogen-bond acceptors (Lipinski definition) is 3. The Morgan fingerprint density at radius 3 is 2.93 bits per heavy atom. The summed E-state index contributed by atoms with van der Waals surface area (Å²) in [6.07, 6.45) is 3.51. The third-order valence-corrected chi connectivity index (χ3v) is 2.91. The number of aryl methyl sites for hydroxylation is 1. The number of nitrogens with zero attached hydrogens (tertiary/aromatic N) is 2. The van der Waals surface area contributed by atoms with Crippen LogP contribution < -0.4 is 0 Å². The molecule has 0 atom stereocenters. The Hall–Kier alpha value is -1.73. The maximum Gasteiger partial charge on any atom is 0.170 e. The molecule has 1 aromatic heterocycles. The molecule has 1 aromatic carbocycles. The number of nitriles is 1. The minimum absolute atomic E-state index is 0.721. The Labute approximate surface area is 92.2 Å². The van der Waals surface area contributed by atoms with Gasteiger partial charge in [0, 0.05) is 17.3 Å². The van der Waals surface area contributed by atoms with Crippen molar-refractivity contribution in [2.75, 3.05) is 0 Å². The Bertz CT molecular complexity index is 497. The van der Waals surface area contributed by atoms with Crippen LogP contribution >= 0.6 is 11.8 Å². The van der Waals surface area contributed by atoms with Crippen LogP contribution in [0.25, 0.3) is 0 Å². The number of aromatic amines is 1. The molecule has 4 heteroatoms. The lowest BCUT2D eigenvalue weighted by molar-refractivity contribution is 1.06. The fourth-order valence-electron chi connectivity index (χ4n) is 1.24. The van der Waals surface area contributed by atoms with Gasteiger partial charge in [0.25, 0.3) is 0 Å². The fraction of sp³-hybridized carbons (Fsp3) is 0.0909. The van der Waals surface area contributed by atoms with Crippen molar-refractivity contribution in [3.63, 3.8) is 0 Å². The van der Waals surface area contributed by atoms with Crippen LogP contribution in [0.5, 0.6) is 0 Å². The topological polar surface area (TPSA) is 52.5 Å². The molecule has 74 valence electrons. The Morgan fingerprint density at radius 2 is 2.33 bits per heavy atom. The van der Waals surface area contributed by atoms with Gasteiger partial charge in [0.1, 0.15) is 0 Å². The van der Waals surface area contributed by atoms with E-state index in [9.17, 15) is 0 Å². The van der Waals surface area contributed by atoms with Crippen LogP contribution in [0, 0.1) is 18.3 Å². The second kappa shape index (κ2) is 4.20. The molecule has 0 spiro atoms. The number of hydrogen-bond donors (Lipinski definition) is 1. The van der Waals surface area contributed by atoms with Crippen LogP contribution in [-0.2, 0) is 0 Å². The summed E-state index contributed by atoms with van der Waals surface area (Å²) in [5.41, 5.74) is 1.72. The second-order valence-corrected chi connectivity index (χ2v) is 4.15. The SMILES string of the molecule is Cc1cc(Sc2ncc[nH]2)ccc1C#N. The van der Waals surface area contributed by atoms with Gasteiger partial charge in [-0.05, 0) is 30.7 Å². The van der Waals surface area contributed by atoms with E-state index in [-0.39, 0.29) is 0 Å². The normalized spacial score (nSPS) is 9.87. The van der Waals surface area contributed by atoms with Gasteiger partial charge in [-0.1, -0.05) is 11.8 Å². The van der Waals surface area contributed by atoms with Gasteiger partial charge in [-0.3, -0.25) is 0 Å². The average molecular weight is 215 g/mol. The van der Waals surface area contributed by atoms with Crippen molar-refractivity contribution in [2.45, 2.75) is 17.0 Å². The van der Waals surface area contributed by atoms with Gasteiger partial charge in [-0.25, -0.2) is 4.98 Å². The molecule has 0 unspecified atom stereocenters. The molecule has 0 bridgehead atoms. The summed E-state index contributed by atoms with van der Waals surface area (Å²) in [5.74, 6) is 0. The maximum absolute atomic E-state index is 8.79. The Morgan fingerprint density at radius 1 is 1.47 bits per heavy atom. The molecule has 2 aromatic rings. The van der Waals surface area contributed by atoms with E-state index in [2.05, 4.69) is 16.0 Å². The summed E-state index contributed by atoms with van der Waals surface area (Å²) in [5, 5.41) is 9.65. The fourth-order valence-corrected chi connectivity index (χ4v) is 2.08. The van der Waals surface area contributed by atoms with Crippen LogP contribution in [0.15, 0.2) is 40.6 Å². The molecule has 1 heterocycles. The lowest BCUT2D eigenvalue weighted by atomic mass is 10.1. The number of nitrogens with one attached hydrogen (secondary N) is 1. The lowest BCUT2D eigenvalue weighted by Crippen LogP contribution is -1.83. The van der Waals surface area contributed by atoms with Crippen LogP contribution in [0.2, 0.25) is 0 Å². The molecular formula is C11H9N3S. The summed E-state index contributed by atoms with van der Waals surface area (Å²) >= 11 is 1.55. The molecule has 2 rings (SSSR count). The molecule has 0 saturated heterocycles. The monoisotopic (exact) mass is 215 g/mol. The third-order valence-electron chi connectivity index (χ3n) is 2.01. The summed E-state index contributed by atoms with van der Waals surface area (Å²) in [7, 11) is 0. The van der Waals surface area contributed by atoms with E-state index in [0.29, 0.717) is 0 Å². The first-order valence-corrected chi connectivity index (χ1v) is 5.29. The Kier molecular flexibility index (Phi) is 2.75. The molecule has 0 saturated carbocycles. The van der Waals surface area contributed by atoms with Gasteiger partial charge >= 0.3 is 0 Å². The molecule has 0 aliphatic heterocycles. The summed E-state index contributed by atoms with van der Waals surface area (Å²) in [6.45, 7) is 1.94. The quantitative estimate of drug-likeness (QED) is 0.838. The highest BCUT2D eigenvalue weighted by Crippen LogP contribution is 2.25. The maximum atomic E-state index is 8.79. The van der Waals surface area contributed by atoms with Gasteiger partial charge < -0.3 is 4.98 Å². The van der Waals surface area contributed by atoms with Gasteiger partial charge in [-0.15, -0.1) is 0 Å². The third kappa shape index (κ3) is 2.20. The van der Waals surface area contributed by atoms with Crippen LogP contribution in [-0.4, -0.2) is 9.97 Å². The molecule has 1 N–H and O–H groups in total. The predicted octanol–water partition coefficient (Wildman–Crippen LogP) is 2.74. The highest BCUT2D eigenvalue weighted by atomic mass is 32.2. The highest BCUT2D eigenvalue weighted by Gasteiger charge is 2.02. The number of rotatable bonds is 2. The van der Waals surface area contributed by atoms with E-state index in [1.807, 2.05) is 25.1 Å². The van der Waals surface area contributed by atoms with Crippen molar-refractivity contribution in [1.29, 1.82) is 5.26 Å². The first-order valence-electron chi connectivity index (χ1n) is 4.47. The zero-order valence-electron chi connectivity index (χ0n) is 8.19. The molecular weight excluding hydrogens is 206 g/mol. The van der Waals surface area contributed by atoms with E-state index >= 15 is 0 Å². The molecule has 0 radical (unpaired) electrons. The van der Waals surface area contributed by atoms with Crippen molar-refractivity contribution in [3.05, 3.63) is 41.7 Å². The zero-order valence-corrected chi connectivity index (χ0v) is 9.01. The second-order valence-electron chi connectivity index (χ2n) is 3.08. The van der Waals surface area contributed by atoms with Crippen molar-refractivity contribution >= 4 is 11.8 Å². The minimum atomic E-state index is 0.721. The van der Waals surface area contributed by atoms with Gasteiger partial charge in [0.05, 0.1) is 11.6 Å².